The molecule has 0 radical (unpaired) electrons. The molecule has 0 saturated carbocycles. The number of nitrogens with one attached hydrogen (secondary N) is 2. The Balaban J connectivity index is 1.63. The van der Waals surface area contributed by atoms with Gasteiger partial charge in [-0.3, -0.25) is 10.1 Å². The van der Waals surface area contributed by atoms with Crippen molar-refractivity contribution in [2.45, 2.75) is 39.2 Å². The van der Waals surface area contributed by atoms with Gasteiger partial charge in [-0.2, -0.15) is 5.26 Å². The molecule has 6 heteroatoms. The molecule has 126 valence electrons. The normalized spacial score (nSPS) is 17.8. The molecule has 0 fully saturated rings. The second-order valence-corrected chi connectivity index (χ2v) is 7.44. The molecule has 5 nitrogen and oxygen atoms in total. The Kier molecular flexibility index (Phi) is 5.03. The van der Waals surface area contributed by atoms with Gasteiger partial charge in [-0.05, 0) is 49.8 Å². The quantitative estimate of drug-likeness (QED) is 0.869. The molecule has 1 aliphatic carbocycles. The summed E-state index contributed by atoms with van der Waals surface area (Å²) >= 11 is 1.55. The van der Waals surface area contributed by atoms with E-state index in [0.29, 0.717) is 16.5 Å². The lowest BCUT2D eigenvalue weighted by atomic mass is 9.89. The SMILES string of the molecule is C[C@@H]1CCc2c(sc(NC(=O)CN[C@@H](C)c3ccco3)c2C#N)C1. The summed E-state index contributed by atoms with van der Waals surface area (Å²) in [5.74, 6) is 1.29. The van der Waals surface area contributed by atoms with Crippen LogP contribution in [0.15, 0.2) is 22.8 Å². The van der Waals surface area contributed by atoms with Crippen LogP contribution in [0.5, 0.6) is 0 Å². The van der Waals surface area contributed by atoms with Gasteiger partial charge in [-0.25, -0.2) is 0 Å². The van der Waals surface area contributed by atoms with Gasteiger partial charge in [0.25, 0.3) is 0 Å². The average molecular weight is 343 g/mol. The van der Waals surface area contributed by atoms with E-state index in [-0.39, 0.29) is 18.5 Å². The number of thiophene rings is 1. The lowest BCUT2D eigenvalue weighted by Gasteiger charge is -2.17. The van der Waals surface area contributed by atoms with Crippen molar-refractivity contribution in [3.63, 3.8) is 0 Å². The van der Waals surface area contributed by atoms with Crippen molar-refractivity contribution >= 4 is 22.2 Å². The number of amides is 1. The van der Waals surface area contributed by atoms with E-state index >= 15 is 0 Å². The highest BCUT2D eigenvalue weighted by Gasteiger charge is 2.24. The zero-order chi connectivity index (χ0) is 17.1. The molecule has 0 aromatic carbocycles. The van der Waals surface area contributed by atoms with Gasteiger partial charge in [0, 0.05) is 4.88 Å². The fourth-order valence-electron chi connectivity index (χ4n) is 3.01. The van der Waals surface area contributed by atoms with Gasteiger partial charge in [0.15, 0.2) is 0 Å². The van der Waals surface area contributed by atoms with Gasteiger partial charge >= 0.3 is 0 Å². The van der Waals surface area contributed by atoms with Gasteiger partial charge in [0.2, 0.25) is 5.91 Å². The van der Waals surface area contributed by atoms with E-state index in [1.807, 2.05) is 19.1 Å². The molecule has 0 spiro atoms. The molecule has 1 amide bonds. The van der Waals surface area contributed by atoms with Crippen LogP contribution in [-0.2, 0) is 17.6 Å². The Morgan fingerprint density at radius 3 is 3.12 bits per heavy atom. The smallest absolute Gasteiger partial charge is 0.238 e. The van der Waals surface area contributed by atoms with Gasteiger partial charge in [0.1, 0.15) is 16.8 Å². The highest BCUT2D eigenvalue weighted by Crippen LogP contribution is 2.39. The molecule has 24 heavy (non-hydrogen) atoms. The van der Waals surface area contributed by atoms with Crippen LogP contribution in [-0.4, -0.2) is 12.5 Å². The Bertz CT molecular complexity index is 758. The van der Waals surface area contributed by atoms with E-state index < -0.39 is 0 Å². The predicted octanol–water partition coefficient (Wildman–Crippen LogP) is 3.63. The van der Waals surface area contributed by atoms with Crippen LogP contribution < -0.4 is 10.6 Å². The van der Waals surface area contributed by atoms with Crippen LogP contribution in [0.1, 0.15) is 48.1 Å². The number of hydrogen-bond acceptors (Lipinski definition) is 5. The van der Waals surface area contributed by atoms with Crippen molar-refractivity contribution < 1.29 is 9.21 Å². The largest absolute Gasteiger partial charge is 0.468 e. The molecule has 0 saturated heterocycles. The lowest BCUT2D eigenvalue weighted by molar-refractivity contribution is -0.115. The van der Waals surface area contributed by atoms with Crippen LogP contribution in [0.4, 0.5) is 5.00 Å². The standard InChI is InChI=1S/C18H21N3O2S/c1-11-5-6-13-14(9-19)18(24-16(13)8-11)21-17(22)10-20-12(2)15-4-3-7-23-15/h3-4,7,11-12,20H,5-6,8,10H2,1-2H3,(H,21,22)/t11-,12+/m1/s1. The Labute approximate surface area is 145 Å². The third-order valence-electron chi connectivity index (χ3n) is 4.42. The van der Waals surface area contributed by atoms with E-state index in [4.69, 9.17) is 4.42 Å². The number of nitriles is 1. The minimum absolute atomic E-state index is 0.0430. The molecule has 0 unspecified atom stereocenters. The second kappa shape index (κ2) is 7.20. The molecule has 0 aliphatic heterocycles. The molecule has 2 aromatic rings. The first kappa shape index (κ1) is 16.7. The van der Waals surface area contributed by atoms with E-state index in [1.54, 1.807) is 17.6 Å². The van der Waals surface area contributed by atoms with Crippen molar-refractivity contribution in [3.05, 3.63) is 40.2 Å². The summed E-state index contributed by atoms with van der Waals surface area (Å²) in [7, 11) is 0. The van der Waals surface area contributed by atoms with Crippen molar-refractivity contribution in [2.24, 2.45) is 5.92 Å². The summed E-state index contributed by atoms with van der Waals surface area (Å²) in [6, 6.07) is 5.92. The van der Waals surface area contributed by atoms with Crippen LogP contribution in [0, 0.1) is 17.2 Å². The first-order valence-electron chi connectivity index (χ1n) is 8.19. The Morgan fingerprint density at radius 2 is 2.42 bits per heavy atom. The first-order valence-corrected chi connectivity index (χ1v) is 9.01. The van der Waals surface area contributed by atoms with Gasteiger partial charge in [-0.1, -0.05) is 6.92 Å². The number of hydrogen-bond donors (Lipinski definition) is 2. The lowest BCUT2D eigenvalue weighted by Crippen LogP contribution is -2.29. The second-order valence-electron chi connectivity index (χ2n) is 6.33. The number of fused-ring (bicyclic) bond motifs is 1. The third-order valence-corrected chi connectivity index (χ3v) is 5.58. The van der Waals surface area contributed by atoms with Crippen molar-refractivity contribution in [1.29, 1.82) is 5.26 Å². The molecule has 1 aliphatic rings. The minimum Gasteiger partial charge on any atom is -0.468 e. The number of furan rings is 1. The number of anilines is 1. The maximum Gasteiger partial charge on any atom is 0.238 e. The fourth-order valence-corrected chi connectivity index (χ4v) is 4.39. The van der Waals surface area contributed by atoms with Crippen molar-refractivity contribution in [1.82, 2.24) is 5.32 Å². The van der Waals surface area contributed by atoms with Crippen LogP contribution in [0.25, 0.3) is 0 Å². The summed E-state index contributed by atoms with van der Waals surface area (Å²) in [6.45, 7) is 4.34. The monoisotopic (exact) mass is 343 g/mol. The van der Waals surface area contributed by atoms with E-state index in [0.717, 1.165) is 30.6 Å². The summed E-state index contributed by atoms with van der Waals surface area (Å²) in [5, 5.41) is 16.2. The highest BCUT2D eigenvalue weighted by atomic mass is 32.1. The van der Waals surface area contributed by atoms with Crippen LogP contribution in [0.2, 0.25) is 0 Å². The number of carbonyl (C=O) groups is 1. The maximum absolute atomic E-state index is 12.2. The zero-order valence-corrected chi connectivity index (χ0v) is 14.7. The molecule has 2 aromatic heterocycles. The molecular weight excluding hydrogens is 322 g/mol. The minimum atomic E-state index is -0.142. The van der Waals surface area contributed by atoms with Gasteiger partial charge < -0.3 is 9.73 Å². The van der Waals surface area contributed by atoms with E-state index in [9.17, 15) is 10.1 Å². The van der Waals surface area contributed by atoms with E-state index in [2.05, 4.69) is 23.6 Å². The highest BCUT2D eigenvalue weighted by molar-refractivity contribution is 7.16. The third kappa shape index (κ3) is 3.53. The summed E-state index contributed by atoms with van der Waals surface area (Å²) in [5.41, 5.74) is 1.78. The first-order chi connectivity index (χ1) is 11.6. The van der Waals surface area contributed by atoms with Crippen molar-refractivity contribution in [2.75, 3.05) is 11.9 Å². The Morgan fingerprint density at radius 1 is 1.58 bits per heavy atom. The Hall–Kier alpha value is -2.10. The van der Waals surface area contributed by atoms with Crippen LogP contribution >= 0.6 is 11.3 Å². The number of carbonyl (C=O) groups excluding carboxylic acids is 1. The number of nitrogens with zero attached hydrogens (tertiary/aromatic N) is 1. The van der Waals surface area contributed by atoms with Crippen LogP contribution in [0.3, 0.4) is 0 Å². The van der Waals surface area contributed by atoms with Crippen molar-refractivity contribution in [3.8, 4) is 6.07 Å². The van der Waals surface area contributed by atoms with Gasteiger partial charge in [0.05, 0.1) is 24.4 Å². The predicted molar refractivity (Wildman–Crippen MR) is 94.0 cm³/mol. The topological polar surface area (TPSA) is 78.1 Å². The molecule has 2 heterocycles. The van der Waals surface area contributed by atoms with E-state index in [1.165, 1.54) is 4.88 Å². The maximum atomic E-state index is 12.2. The summed E-state index contributed by atoms with van der Waals surface area (Å²) in [4.78, 5) is 13.5. The average Bonchev–Trinajstić information content (AvgIpc) is 3.19. The van der Waals surface area contributed by atoms with Gasteiger partial charge in [-0.15, -0.1) is 11.3 Å². The summed E-state index contributed by atoms with van der Waals surface area (Å²) in [6.07, 6.45) is 4.65. The molecule has 2 atom stereocenters. The molecule has 2 N–H and O–H groups in total. The summed E-state index contributed by atoms with van der Waals surface area (Å²) < 4.78 is 5.31. The fraction of sp³-hybridized carbons (Fsp3) is 0.444. The molecule has 0 bridgehead atoms. The molecular formula is C18H21N3O2S. The zero-order valence-electron chi connectivity index (χ0n) is 13.9. The molecule has 3 rings (SSSR count). The number of rotatable bonds is 5.